The lowest BCUT2D eigenvalue weighted by Crippen LogP contribution is -2.14. The Balaban J connectivity index is 2.06. The number of fused-ring (bicyclic) bond motifs is 1. The first-order valence-corrected chi connectivity index (χ1v) is 10.6. The molecule has 8 heteroatoms. The maximum absolute atomic E-state index is 12.8. The summed E-state index contributed by atoms with van der Waals surface area (Å²) in [5.41, 5.74) is 2.54. The van der Waals surface area contributed by atoms with Gasteiger partial charge in [0.05, 0.1) is 16.1 Å². The van der Waals surface area contributed by atoms with Gasteiger partial charge in [-0.15, -0.1) is 0 Å². The third-order valence-electron chi connectivity index (χ3n) is 3.83. The van der Waals surface area contributed by atoms with E-state index in [-0.39, 0.29) is 15.3 Å². The molecule has 0 unspecified atom stereocenters. The van der Waals surface area contributed by atoms with E-state index in [1.165, 1.54) is 0 Å². The second-order valence-electron chi connectivity index (χ2n) is 6.06. The fourth-order valence-corrected chi connectivity index (χ4v) is 3.74. The molecule has 27 heavy (non-hydrogen) atoms. The predicted octanol–water partition coefficient (Wildman–Crippen LogP) is 3.99. The number of nitrogens with zero attached hydrogens (tertiary/aromatic N) is 1. The van der Waals surface area contributed by atoms with E-state index in [0.29, 0.717) is 22.3 Å². The Kier molecular flexibility index (Phi) is 5.66. The van der Waals surface area contributed by atoms with Crippen molar-refractivity contribution in [2.24, 2.45) is 0 Å². The molecule has 6 nitrogen and oxygen atoms in total. The van der Waals surface area contributed by atoms with Crippen LogP contribution in [0.5, 0.6) is 5.75 Å². The van der Waals surface area contributed by atoms with Crippen molar-refractivity contribution in [2.75, 3.05) is 11.3 Å². The third kappa shape index (κ3) is 4.75. The van der Waals surface area contributed by atoms with Crippen LogP contribution in [0.2, 0.25) is 0 Å². The van der Waals surface area contributed by atoms with Crippen molar-refractivity contribution < 1.29 is 17.9 Å². The molecule has 0 bridgehead atoms. The van der Waals surface area contributed by atoms with Crippen LogP contribution in [0.15, 0.2) is 53.4 Å². The summed E-state index contributed by atoms with van der Waals surface area (Å²) >= 11 is 1.64. The number of benzene rings is 2. The van der Waals surface area contributed by atoms with E-state index in [4.69, 9.17) is 4.74 Å². The number of nitrogens with one attached hydrogen (secondary N) is 1. The molecule has 0 saturated carbocycles. The molecule has 0 amide bonds. The van der Waals surface area contributed by atoms with Gasteiger partial charge in [-0.2, -0.15) is 0 Å². The largest absolute Gasteiger partial charge is 0.485 e. The molecule has 3 rings (SSSR count). The maximum atomic E-state index is 12.8. The Morgan fingerprint density at radius 1 is 1.11 bits per heavy atom. The van der Waals surface area contributed by atoms with Crippen molar-refractivity contribution in [1.29, 1.82) is 0 Å². The van der Waals surface area contributed by atoms with Gasteiger partial charge < -0.3 is 4.74 Å². The minimum atomic E-state index is -3.80. The van der Waals surface area contributed by atoms with Gasteiger partial charge in [0.2, 0.25) is 3.79 Å². The topological polar surface area (TPSA) is 85.4 Å². The van der Waals surface area contributed by atoms with Gasteiger partial charge in [0.1, 0.15) is 5.75 Å². The van der Waals surface area contributed by atoms with Crippen LogP contribution >= 0.6 is 22.6 Å². The zero-order valence-electron chi connectivity index (χ0n) is 14.7. The van der Waals surface area contributed by atoms with Gasteiger partial charge in [0.25, 0.3) is 10.0 Å². The van der Waals surface area contributed by atoms with Gasteiger partial charge in [-0.3, -0.25) is 14.5 Å². The highest BCUT2D eigenvalue weighted by atomic mass is 127. The van der Waals surface area contributed by atoms with Crippen LogP contribution in [0.4, 0.5) is 5.69 Å². The molecule has 0 fully saturated rings. The lowest BCUT2D eigenvalue weighted by Gasteiger charge is -2.13. The Bertz CT molecular complexity index is 1110. The monoisotopic (exact) mass is 496 g/mol. The third-order valence-corrected chi connectivity index (χ3v) is 5.53. The predicted molar refractivity (Wildman–Crippen MR) is 113 cm³/mol. The minimum absolute atomic E-state index is 0.102. The molecule has 140 valence electrons. The SMILES string of the molecule is Cc1ccc(S(=O)(=O)Nc2cc(OCC(=O)I)cc3ccc(C)nc23)cc1. The molecule has 1 N–H and O–H groups in total. The van der Waals surface area contributed by atoms with Crippen LogP contribution in [0.25, 0.3) is 10.9 Å². The lowest BCUT2D eigenvalue weighted by molar-refractivity contribution is -0.111. The van der Waals surface area contributed by atoms with Crippen molar-refractivity contribution in [1.82, 2.24) is 4.98 Å². The summed E-state index contributed by atoms with van der Waals surface area (Å²) in [5.74, 6) is 0.389. The lowest BCUT2D eigenvalue weighted by atomic mass is 10.1. The zero-order chi connectivity index (χ0) is 19.6. The van der Waals surface area contributed by atoms with Gasteiger partial charge >= 0.3 is 0 Å². The van der Waals surface area contributed by atoms with E-state index in [1.807, 2.05) is 26.0 Å². The summed E-state index contributed by atoms with van der Waals surface area (Å²) in [4.78, 5) is 15.8. The molecule has 0 spiro atoms. The number of anilines is 1. The van der Waals surface area contributed by atoms with E-state index in [1.54, 1.807) is 59.0 Å². The molecule has 0 aliphatic carbocycles. The fourth-order valence-electron chi connectivity index (χ4n) is 2.53. The molecule has 0 aliphatic heterocycles. The number of aromatic nitrogens is 1. The van der Waals surface area contributed by atoms with E-state index in [0.717, 1.165) is 11.3 Å². The second-order valence-corrected chi connectivity index (χ2v) is 8.94. The van der Waals surface area contributed by atoms with Gasteiger partial charge in [-0.05, 0) is 38.1 Å². The Labute approximate surface area is 171 Å². The standard InChI is InChI=1S/C19H17IN2O4S/c1-12-3-7-16(8-4-12)27(24,25)22-17-10-15(26-11-18(20)23)9-14-6-5-13(2)21-19(14)17/h3-10,22H,11H2,1-2H3. The van der Waals surface area contributed by atoms with Crippen molar-refractivity contribution >= 4 is 53.0 Å². The number of rotatable bonds is 6. The van der Waals surface area contributed by atoms with E-state index < -0.39 is 10.0 Å². The molecule has 3 aromatic rings. The first kappa shape index (κ1) is 19.6. The van der Waals surface area contributed by atoms with Crippen LogP contribution in [-0.4, -0.2) is 23.8 Å². The first-order chi connectivity index (χ1) is 12.7. The van der Waals surface area contributed by atoms with Crippen LogP contribution in [-0.2, 0) is 14.8 Å². The van der Waals surface area contributed by atoms with E-state index >= 15 is 0 Å². The molecular formula is C19H17IN2O4S. The van der Waals surface area contributed by atoms with E-state index in [9.17, 15) is 13.2 Å². The van der Waals surface area contributed by atoms with Crippen LogP contribution in [0.1, 0.15) is 11.3 Å². The Morgan fingerprint density at radius 2 is 1.81 bits per heavy atom. The number of carbonyl (C=O) groups is 1. The van der Waals surface area contributed by atoms with E-state index in [2.05, 4.69) is 9.71 Å². The zero-order valence-corrected chi connectivity index (χ0v) is 17.7. The molecule has 0 saturated heterocycles. The molecule has 1 heterocycles. The Hall–Kier alpha value is -2.20. The minimum Gasteiger partial charge on any atom is -0.485 e. The van der Waals surface area contributed by atoms with Crippen molar-refractivity contribution in [3.63, 3.8) is 0 Å². The smallest absolute Gasteiger partial charge is 0.261 e. The quantitative estimate of drug-likeness (QED) is 0.412. The van der Waals surface area contributed by atoms with Gasteiger partial charge in [0.15, 0.2) is 6.61 Å². The summed E-state index contributed by atoms with van der Waals surface area (Å²) in [6.07, 6.45) is 0. The van der Waals surface area contributed by atoms with Crippen LogP contribution in [0.3, 0.4) is 0 Å². The average Bonchev–Trinajstić information content (AvgIpc) is 2.60. The molecule has 0 atom stereocenters. The normalized spacial score (nSPS) is 11.4. The number of halogens is 1. The van der Waals surface area contributed by atoms with Crippen molar-refractivity contribution in [2.45, 2.75) is 18.7 Å². The summed E-state index contributed by atoms with van der Waals surface area (Å²) in [7, 11) is -3.80. The summed E-state index contributed by atoms with van der Waals surface area (Å²) in [6, 6.07) is 13.5. The summed E-state index contributed by atoms with van der Waals surface area (Å²) < 4.78 is 33.5. The highest BCUT2D eigenvalue weighted by Gasteiger charge is 2.17. The number of pyridine rings is 1. The Morgan fingerprint density at radius 3 is 2.48 bits per heavy atom. The number of hydrogen-bond acceptors (Lipinski definition) is 5. The first-order valence-electron chi connectivity index (χ1n) is 8.07. The maximum Gasteiger partial charge on any atom is 0.261 e. The number of aryl methyl sites for hydroxylation is 2. The highest BCUT2D eigenvalue weighted by Crippen LogP contribution is 2.30. The summed E-state index contributed by atoms with van der Waals surface area (Å²) in [5, 5.41) is 0.709. The number of hydrogen-bond donors (Lipinski definition) is 1. The number of ether oxygens (including phenoxy) is 1. The second kappa shape index (κ2) is 7.81. The molecule has 2 aromatic carbocycles. The van der Waals surface area contributed by atoms with Gasteiger partial charge in [-0.1, -0.05) is 23.8 Å². The van der Waals surface area contributed by atoms with Gasteiger partial charge in [-0.25, -0.2) is 8.42 Å². The molecule has 0 radical (unpaired) electrons. The molecule has 0 aliphatic rings. The average molecular weight is 496 g/mol. The highest BCUT2D eigenvalue weighted by molar-refractivity contribution is 14.1. The van der Waals surface area contributed by atoms with Crippen molar-refractivity contribution in [3.05, 3.63) is 59.8 Å². The van der Waals surface area contributed by atoms with Gasteiger partial charge in [0, 0.05) is 39.7 Å². The number of sulfonamides is 1. The summed E-state index contributed by atoms with van der Waals surface area (Å²) in [6.45, 7) is 3.62. The molecule has 1 aromatic heterocycles. The van der Waals surface area contributed by atoms with Crippen molar-refractivity contribution in [3.8, 4) is 5.75 Å². The fraction of sp³-hybridized carbons (Fsp3) is 0.158. The molecular weight excluding hydrogens is 479 g/mol. The number of carbonyl (C=O) groups excluding carboxylic acids is 1. The van der Waals surface area contributed by atoms with Crippen LogP contribution < -0.4 is 9.46 Å². The van der Waals surface area contributed by atoms with Crippen LogP contribution in [0, 0.1) is 13.8 Å².